The van der Waals surface area contributed by atoms with Crippen LogP contribution in [0.5, 0.6) is 0 Å². The SMILES string of the molecule is CC1CC1C1CC1c1ccsc1C(=O)O. The van der Waals surface area contributed by atoms with E-state index in [9.17, 15) is 4.79 Å². The average molecular weight is 222 g/mol. The molecular formula is C12H14O2S. The molecular weight excluding hydrogens is 208 g/mol. The summed E-state index contributed by atoms with van der Waals surface area (Å²) in [5.74, 6) is 2.35. The van der Waals surface area contributed by atoms with Crippen molar-refractivity contribution in [2.45, 2.75) is 25.7 Å². The summed E-state index contributed by atoms with van der Waals surface area (Å²) in [6.07, 6.45) is 2.57. The molecule has 1 aromatic heterocycles. The molecule has 0 radical (unpaired) electrons. The lowest BCUT2D eigenvalue weighted by Crippen LogP contribution is -1.97. The van der Waals surface area contributed by atoms with Crippen molar-refractivity contribution >= 4 is 17.3 Å². The molecule has 0 saturated heterocycles. The Balaban J connectivity index is 1.78. The van der Waals surface area contributed by atoms with Crippen molar-refractivity contribution in [2.75, 3.05) is 0 Å². The van der Waals surface area contributed by atoms with Gasteiger partial charge in [0.1, 0.15) is 4.88 Å². The van der Waals surface area contributed by atoms with Gasteiger partial charge in [-0.25, -0.2) is 4.79 Å². The van der Waals surface area contributed by atoms with E-state index in [0.29, 0.717) is 10.8 Å². The van der Waals surface area contributed by atoms with Crippen molar-refractivity contribution in [3.05, 3.63) is 21.9 Å². The van der Waals surface area contributed by atoms with Crippen molar-refractivity contribution < 1.29 is 9.90 Å². The zero-order valence-electron chi connectivity index (χ0n) is 8.64. The van der Waals surface area contributed by atoms with E-state index in [2.05, 4.69) is 6.92 Å². The van der Waals surface area contributed by atoms with Crippen LogP contribution in [0.1, 0.15) is 40.9 Å². The van der Waals surface area contributed by atoms with Crippen LogP contribution in [-0.4, -0.2) is 11.1 Å². The molecule has 2 saturated carbocycles. The molecule has 80 valence electrons. The van der Waals surface area contributed by atoms with Gasteiger partial charge in [0.25, 0.3) is 0 Å². The molecule has 4 atom stereocenters. The zero-order chi connectivity index (χ0) is 10.6. The molecule has 1 N–H and O–H groups in total. The van der Waals surface area contributed by atoms with Crippen LogP contribution in [0.25, 0.3) is 0 Å². The van der Waals surface area contributed by atoms with Crippen molar-refractivity contribution in [1.29, 1.82) is 0 Å². The Labute approximate surface area is 92.9 Å². The molecule has 0 aliphatic heterocycles. The van der Waals surface area contributed by atoms with E-state index < -0.39 is 5.97 Å². The quantitative estimate of drug-likeness (QED) is 0.852. The third-order valence-electron chi connectivity index (χ3n) is 3.85. The van der Waals surface area contributed by atoms with E-state index in [-0.39, 0.29) is 0 Å². The molecule has 4 unspecified atom stereocenters. The monoisotopic (exact) mass is 222 g/mol. The van der Waals surface area contributed by atoms with Gasteiger partial charge in [0, 0.05) is 0 Å². The second kappa shape index (κ2) is 3.08. The maximum absolute atomic E-state index is 11.0. The van der Waals surface area contributed by atoms with Gasteiger partial charge in [0.05, 0.1) is 0 Å². The second-order valence-electron chi connectivity index (χ2n) is 4.89. The van der Waals surface area contributed by atoms with Crippen molar-refractivity contribution in [1.82, 2.24) is 0 Å². The molecule has 2 nitrogen and oxygen atoms in total. The van der Waals surface area contributed by atoms with Crippen LogP contribution in [0.4, 0.5) is 0 Å². The lowest BCUT2D eigenvalue weighted by Gasteiger charge is -1.98. The standard InChI is InChI=1S/C12H14O2S/c1-6-4-8(6)10-5-9(10)7-2-3-15-11(7)12(13)14/h2-3,6,8-10H,4-5H2,1H3,(H,13,14). The number of rotatable bonds is 3. The van der Waals surface area contributed by atoms with Crippen molar-refractivity contribution in [3.8, 4) is 0 Å². The first-order valence-electron chi connectivity index (χ1n) is 5.49. The highest BCUT2D eigenvalue weighted by Crippen LogP contribution is 2.62. The van der Waals surface area contributed by atoms with Gasteiger partial charge in [-0.15, -0.1) is 11.3 Å². The molecule has 0 bridgehead atoms. The highest BCUT2D eigenvalue weighted by atomic mass is 32.1. The lowest BCUT2D eigenvalue weighted by molar-refractivity contribution is 0.0701. The highest BCUT2D eigenvalue weighted by molar-refractivity contribution is 7.12. The normalized spacial score (nSPS) is 37.7. The van der Waals surface area contributed by atoms with E-state index in [1.165, 1.54) is 24.2 Å². The second-order valence-corrected chi connectivity index (χ2v) is 5.81. The fraction of sp³-hybridized carbons (Fsp3) is 0.583. The first kappa shape index (κ1) is 9.40. The van der Waals surface area contributed by atoms with E-state index >= 15 is 0 Å². The average Bonchev–Trinajstić information content (AvgIpc) is 3.05. The van der Waals surface area contributed by atoms with Gasteiger partial charge in [0.15, 0.2) is 0 Å². The first-order valence-corrected chi connectivity index (χ1v) is 6.37. The molecule has 2 aliphatic rings. The molecule has 0 aromatic carbocycles. The van der Waals surface area contributed by atoms with Crippen LogP contribution < -0.4 is 0 Å². The fourth-order valence-corrected chi connectivity index (χ4v) is 3.58. The minimum absolute atomic E-state index is 0.553. The minimum Gasteiger partial charge on any atom is -0.477 e. The third-order valence-corrected chi connectivity index (χ3v) is 4.77. The number of hydrogen-bond donors (Lipinski definition) is 1. The number of carbonyl (C=O) groups is 1. The first-order chi connectivity index (χ1) is 7.18. The smallest absolute Gasteiger partial charge is 0.346 e. The molecule has 2 aliphatic carbocycles. The van der Waals surface area contributed by atoms with E-state index in [4.69, 9.17) is 5.11 Å². The predicted octanol–water partition coefficient (Wildman–Crippen LogP) is 3.21. The zero-order valence-corrected chi connectivity index (χ0v) is 9.46. The third kappa shape index (κ3) is 1.49. The number of carboxylic acids is 1. The predicted molar refractivity (Wildman–Crippen MR) is 59.4 cm³/mol. The Kier molecular flexibility index (Phi) is 1.93. The Morgan fingerprint density at radius 2 is 2.20 bits per heavy atom. The summed E-state index contributed by atoms with van der Waals surface area (Å²) in [4.78, 5) is 11.5. The largest absolute Gasteiger partial charge is 0.477 e. The summed E-state index contributed by atoms with van der Waals surface area (Å²) in [5.41, 5.74) is 1.09. The molecule has 3 rings (SSSR count). The summed E-state index contributed by atoms with van der Waals surface area (Å²) in [6.45, 7) is 2.30. The van der Waals surface area contributed by atoms with Crippen LogP contribution in [0, 0.1) is 17.8 Å². The van der Waals surface area contributed by atoms with Crippen molar-refractivity contribution in [2.24, 2.45) is 17.8 Å². The van der Waals surface area contributed by atoms with Gasteiger partial charge in [-0.3, -0.25) is 0 Å². The minimum atomic E-state index is -0.755. The molecule has 2 fully saturated rings. The molecule has 15 heavy (non-hydrogen) atoms. The van der Waals surface area contributed by atoms with Crippen molar-refractivity contribution in [3.63, 3.8) is 0 Å². The molecule has 1 aromatic rings. The van der Waals surface area contributed by atoms with Crippen LogP contribution in [0.3, 0.4) is 0 Å². The maximum atomic E-state index is 11.0. The topological polar surface area (TPSA) is 37.3 Å². The van der Waals surface area contributed by atoms with Gasteiger partial charge in [-0.2, -0.15) is 0 Å². The van der Waals surface area contributed by atoms with Gasteiger partial charge in [0.2, 0.25) is 0 Å². The summed E-state index contributed by atoms with van der Waals surface area (Å²) in [6, 6.07) is 2.01. The fourth-order valence-electron chi connectivity index (χ4n) is 2.78. The van der Waals surface area contributed by atoms with E-state index in [0.717, 1.165) is 23.3 Å². The summed E-state index contributed by atoms with van der Waals surface area (Å²) in [5, 5.41) is 10.9. The van der Waals surface area contributed by atoms with Crippen LogP contribution in [0.2, 0.25) is 0 Å². The lowest BCUT2D eigenvalue weighted by atomic mass is 10.1. The van der Waals surface area contributed by atoms with E-state index in [1.807, 2.05) is 11.4 Å². The van der Waals surface area contributed by atoms with Crippen LogP contribution in [-0.2, 0) is 0 Å². The van der Waals surface area contributed by atoms with Crippen LogP contribution in [0.15, 0.2) is 11.4 Å². The number of hydrogen-bond acceptors (Lipinski definition) is 2. The Hall–Kier alpha value is -0.830. The Morgan fingerprint density at radius 1 is 1.47 bits per heavy atom. The summed E-state index contributed by atoms with van der Waals surface area (Å²) < 4.78 is 0. The molecule has 0 amide bonds. The van der Waals surface area contributed by atoms with E-state index in [1.54, 1.807) is 0 Å². The van der Waals surface area contributed by atoms with Gasteiger partial charge in [-0.1, -0.05) is 6.92 Å². The maximum Gasteiger partial charge on any atom is 0.346 e. The number of thiophene rings is 1. The molecule has 0 spiro atoms. The molecule has 1 heterocycles. The molecule has 3 heteroatoms. The number of aromatic carboxylic acids is 1. The number of carboxylic acid groups (broad SMARTS) is 1. The van der Waals surface area contributed by atoms with Crippen LogP contribution >= 0.6 is 11.3 Å². The summed E-state index contributed by atoms with van der Waals surface area (Å²) >= 11 is 1.36. The van der Waals surface area contributed by atoms with Gasteiger partial charge < -0.3 is 5.11 Å². The highest BCUT2D eigenvalue weighted by Gasteiger charge is 2.52. The Bertz CT molecular complexity index is 410. The Morgan fingerprint density at radius 3 is 2.80 bits per heavy atom. The van der Waals surface area contributed by atoms with Gasteiger partial charge in [-0.05, 0) is 53.5 Å². The summed E-state index contributed by atoms with van der Waals surface area (Å²) in [7, 11) is 0. The van der Waals surface area contributed by atoms with Gasteiger partial charge >= 0.3 is 5.97 Å².